The number of carbonyl (C=O) groups is 4. The predicted octanol–water partition coefficient (Wildman–Crippen LogP) is 4.26. The Labute approximate surface area is 206 Å². The van der Waals surface area contributed by atoms with Crippen molar-refractivity contribution in [3.63, 3.8) is 0 Å². The highest BCUT2D eigenvalue weighted by molar-refractivity contribution is 5.93. The van der Waals surface area contributed by atoms with Crippen LogP contribution >= 0.6 is 0 Å². The summed E-state index contributed by atoms with van der Waals surface area (Å²) in [6.07, 6.45) is -13.1. The van der Waals surface area contributed by atoms with Crippen LogP contribution in [0.15, 0.2) is 30.3 Å². The van der Waals surface area contributed by atoms with Crippen LogP contribution in [0.4, 0.5) is 40.7 Å². The van der Waals surface area contributed by atoms with Crippen molar-refractivity contribution in [1.82, 2.24) is 15.8 Å². The minimum atomic E-state index is -4.46. The first-order valence-corrected chi connectivity index (χ1v) is 10.6. The summed E-state index contributed by atoms with van der Waals surface area (Å²) in [5.41, 5.74) is 3.81. The van der Waals surface area contributed by atoms with E-state index in [2.05, 4.69) is 4.74 Å². The third-order valence-electron chi connectivity index (χ3n) is 4.88. The summed E-state index contributed by atoms with van der Waals surface area (Å²) < 4.78 is 82.2. The number of nitrogens with one attached hydrogen (secondary N) is 2. The van der Waals surface area contributed by atoms with E-state index in [1.165, 1.54) is 10.9 Å². The molecule has 37 heavy (non-hydrogen) atoms. The van der Waals surface area contributed by atoms with Crippen molar-refractivity contribution in [2.45, 2.75) is 45.1 Å². The number of halogens is 6. The zero-order valence-corrected chi connectivity index (χ0v) is 19.6. The van der Waals surface area contributed by atoms with E-state index < -0.39 is 67.4 Å². The highest BCUT2D eigenvalue weighted by Gasteiger charge is 2.43. The van der Waals surface area contributed by atoms with Crippen LogP contribution in [0.1, 0.15) is 25.8 Å². The van der Waals surface area contributed by atoms with Gasteiger partial charge in [0.25, 0.3) is 0 Å². The van der Waals surface area contributed by atoms with Crippen LogP contribution in [0.2, 0.25) is 0 Å². The molecular formula is C21H25F6N3O7. The van der Waals surface area contributed by atoms with Crippen molar-refractivity contribution in [3.05, 3.63) is 35.9 Å². The molecule has 0 radical (unpaired) electrons. The number of carbonyl (C=O) groups excluding carboxylic acids is 3. The van der Waals surface area contributed by atoms with E-state index >= 15 is 0 Å². The van der Waals surface area contributed by atoms with E-state index in [0.717, 1.165) is 24.3 Å². The van der Waals surface area contributed by atoms with Gasteiger partial charge in [-0.1, -0.05) is 44.2 Å². The van der Waals surface area contributed by atoms with Gasteiger partial charge in [0.2, 0.25) is 5.91 Å². The normalized spacial score (nSPS) is 17.0. The maximum Gasteiger partial charge on any atom is 0.426 e. The fourth-order valence-electron chi connectivity index (χ4n) is 2.71. The van der Waals surface area contributed by atoms with Gasteiger partial charge in [-0.3, -0.25) is 4.79 Å². The molecule has 3 atom stereocenters. The van der Waals surface area contributed by atoms with Crippen molar-refractivity contribution >= 4 is 24.2 Å². The number of carboxylic acid groups (broad SMARTS) is 1. The van der Waals surface area contributed by atoms with E-state index in [1.807, 2.05) is 30.3 Å². The Morgan fingerprint density at radius 2 is 1.62 bits per heavy atom. The van der Waals surface area contributed by atoms with Crippen LogP contribution in [0.5, 0.6) is 0 Å². The number of ether oxygens (including phenoxy) is 2. The van der Waals surface area contributed by atoms with Crippen LogP contribution in [-0.4, -0.2) is 65.8 Å². The minimum Gasteiger partial charge on any atom is -0.464 e. The lowest BCUT2D eigenvalue weighted by Crippen LogP contribution is -2.42. The molecule has 0 bridgehead atoms. The van der Waals surface area contributed by atoms with Gasteiger partial charge in [0.15, 0.2) is 0 Å². The van der Waals surface area contributed by atoms with E-state index in [0.29, 0.717) is 6.42 Å². The number of rotatable bonds is 6. The Morgan fingerprint density at radius 1 is 1.05 bits per heavy atom. The molecule has 16 heteroatoms. The maximum atomic E-state index is 12.6. The molecule has 0 spiro atoms. The van der Waals surface area contributed by atoms with Gasteiger partial charge in [-0.15, -0.1) is 0 Å². The van der Waals surface area contributed by atoms with E-state index in [1.54, 1.807) is 0 Å². The Balaban J connectivity index is 0.000000401. The van der Waals surface area contributed by atoms with Gasteiger partial charge in [0.05, 0.1) is 17.9 Å². The van der Waals surface area contributed by atoms with Crippen molar-refractivity contribution in [2.24, 2.45) is 11.8 Å². The van der Waals surface area contributed by atoms with Crippen LogP contribution in [0.25, 0.3) is 0 Å². The van der Waals surface area contributed by atoms with Gasteiger partial charge in [0.1, 0.15) is 13.2 Å². The fraction of sp³-hybridized carbons (Fsp3) is 0.524. The van der Waals surface area contributed by atoms with Crippen LogP contribution in [-0.2, 0) is 20.7 Å². The number of hydrogen-bond donors (Lipinski definition) is 3. The molecule has 1 aliphatic heterocycles. The number of nitrogens with zero attached hydrogens (tertiary/aromatic N) is 1. The summed E-state index contributed by atoms with van der Waals surface area (Å²) in [7, 11) is 0. The van der Waals surface area contributed by atoms with E-state index in [-0.39, 0.29) is 6.61 Å². The summed E-state index contributed by atoms with van der Waals surface area (Å²) in [5.74, 6) is -4.47. The summed E-state index contributed by atoms with van der Waals surface area (Å²) in [4.78, 5) is 44.9. The largest absolute Gasteiger partial charge is 0.464 e. The first-order valence-electron chi connectivity index (χ1n) is 10.6. The molecule has 2 rings (SSSR count). The quantitative estimate of drug-likeness (QED) is 0.359. The Kier molecular flexibility index (Phi) is 11.5. The van der Waals surface area contributed by atoms with Crippen LogP contribution < -0.4 is 10.9 Å². The van der Waals surface area contributed by atoms with Gasteiger partial charge in [-0.25, -0.2) is 30.1 Å². The molecule has 1 saturated heterocycles. The highest BCUT2D eigenvalue weighted by atomic mass is 19.4. The topological polar surface area (TPSA) is 134 Å². The molecule has 4 amide bonds. The van der Waals surface area contributed by atoms with Crippen molar-refractivity contribution in [1.29, 1.82) is 0 Å². The Bertz CT molecular complexity index is 927. The number of hydrazine groups is 1. The zero-order valence-electron chi connectivity index (χ0n) is 19.6. The molecule has 1 aliphatic rings. The average molecular weight is 545 g/mol. The fourth-order valence-corrected chi connectivity index (χ4v) is 2.71. The molecule has 1 fully saturated rings. The lowest BCUT2D eigenvalue weighted by molar-refractivity contribution is -0.178. The zero-order chi connectivity index (χ0) is 28.4. The summed E-state index contributed by atoms with van der Waals surface area (Å²) in [5, 5.41) is 8.01. The third kappa shape index (κ3) is 11.3. The maximum absolute atomic E-state index is 12.6. The van der Waals surface area contributed by atoms with Gasteiger partial charge in [0, 0.05) is 6.42 Å². The van der Waals surface area contributed by atoms with Crippen LogP contribution in [0, 0.1) is 11.8 Å². The minimum absolute atomic E-state index is 0.000133. The molecule has 1 aromatic carbocycles. The molecule has 3 N–H and O–H groups in total. The molecule has 0 aromatic heterocycles. The first-order chi connectivity index (χ1) is 17.0. The predicted molar refractivity (Wildman–Crippen MR) is 113 cm³/mol. The number of hydrogen-bond acceptors (Lipinski definition) is 6. The number of benzene rings is 1. The SMILES string of the molecule is CC(COC(=O)NNC(=O)O)C(F)(F)F.C[C@@H](CC(=O)N1C(=O)OC[C@@H]1Cc1ccccc1)C(F)(F)F. The van der Waals surface area contributed by atoms with Gasteiger partial charge in [-0.05, 0) is 12.0 Å². The first kappa shape index (κ1) is 31.3. The summed E-state index contributed by atoms with van der Waals surface area (Å²) >= 11 is 0. The number of imide groups is 1. The van der Waals surface area contributed by atoms with Gasteiger partial charge < -0.3 is 14.6 Å². The summed E-state index contributed by atoms with van der Waals surface area (Å²) in [6, 6.07) is 8.53. The molecule has 0 aliphatic carbocycles. The smallest absolute Gasteiger partial charge is 0.426 e. The second kappa shape index (κ2) is 13.5. The average Bonchev–Trinajstić information content (AvgIpc) is 3.15. The molecule has 1 unspecified atom stereocenters. The number of cyclic esters (lactones) is 1. The van der Waals surface area contributed by atoms with Crippen molar-refractivity contribution in [3.8, 4) is 0 Å². The summed E-state index contributed by atoms with van der Waals surface area (Å²) in [6.45, 7) is 0.875. The molecular weight excluding hydrogens is 520 g/mol. The molecule has 1 heterocycles. The standard InChI is InChI=1S/C15H16F3NO3.C6H9F3N2O4/c1-10(15(16,17)18)7-13(20)19-12(9-22-14(19)21)8-11-5-3-2-4-6-11;1-3(6(7,8)9)2-15-5(14)11-10-4(12)13/h2-6,10,12H,7-9H2,1H3;3,10H,2H2,1H3,(H,11,14)(H,12,13)/t10-,12-;/m0./s1. The monoisotopic (exact) mass is 545 g/mol. The lowest BCUT2D eigenvalue weighted by atomic mass is 10.0. The molecule has 1 aromatic rings. The van der Waals surface area contributed by atoms with E-state index in [9.17, 15) is 45.5 Å². The van der Waals surface area contributed by atoms with Crippen molar-refractivity contribution < 1.29 is 60.1 Å². The number of amides is 4. The van der Waals surface area contributed by atoms with Gasteiger partial charge in [-0.2, -0.15) is 26.3 Å². The Hall–Kier alpha value is -3.72. The number of alkyl halides is 6. The molecule has 10 nitrogen and oxygen atoms in total. The lowest BCUT2D eigenvalue weighted by Gasteiger charge is -2.22. The van der Waals surface area contributed by atoms with Gasteiger partial charge >= 0.3 is 30.6 Å². The molecule has 0 saturated carbocycles. The van der Waals surface area contributed by atoms with Crippen molar-refractivity contribution in [2.75, 3.05) is 13.2 Å². The second-order valence-corrected chi connectivity index (χ2v) is 7.93. The second-order valence-electron chi connectivity index (χ2n) is 7.93. The van der Waals surface area contributed by atoms with Crippen LogP contribution in [0.3, 0.4) is 0 Å². The Morgan fingerprint density at radius 3 is 2.14 bits per heavy atom. The van der Waals surface area contributed by atoms with E-state index in [4.69, 9.17) is 9.84 Å². The third-order valence-corrected chi connectivity index (χ3v) is 4.88. The highest BCUT2D eigenvalue weighted by Crippen LogP contribution is 2.30. The molecule has 208 valence electrons.